The third-order valence-electron chi connectivity index (χ3n) is 2.39. The van der Waals surface area contributed by atoms with Crippen molar-refractivity contribution < 1.29 is 14.8 Å². The van der Waals surface area contributed by atoms with Crippen LogP contribution >= 0.6 is 23.2 Å². The van der Waals surface area contributed by atoms with Crippen molar-refractivity contribution in [3.05, 3.63) is 39.9 Å². The third kappa shape index (κ3) is 4.66. The number of carbonyl (C=O) groups is 1. The van der Waals surface area contributed by atoms with Crippen molar-refractivity contribution in [2.45, 2.75) is 11.4 Å². The summed E-state index contributed by atoms with van der Waals surface area (Å²) in [6, 6.07) is 5.76. The van der Waals surface area contributed by atoms with E-state index >= 15 is 0 Å². The first-order valence-electron chi connectivity index (χ1n) is 5.37. The van der Waals surface area contributed by atoms with E-state index in [4.69, 9.17) is 28.3 Å². The van der Waals surface area contributed by atoms with Gasteiger partial charge in [-0.05, 0) is 5.56 Å². The van der Waals surface area contributed by atoms with Gasteiger partial charge in [0.2, 0.25) is 0 Å². The highest BCUT2D eigenvalue weighted by molar-refractivity contribution is 6.53. The predicted octanol–water partition coefficient (Wildman–Crippen LogP) is 1.72. The molecular weight excluding hydrogens is 295 g/mol. The maximum absolute atomic E-state index is 11.7. The van der Waals surface area contributed by atoms with Crippen LogP contribution in [0.4, 0.5) is 5.69 Å². The molecule has 0 bridgehead atoms. The number of aliphatic hydroxyl groups excluding tert-OH is 1. The average molecular weight is 307 g/mol. The number of halogens is 2. The van der Waals surface area contributed by atoms with Crippen molar-refractivity contribution in [3.63, 3.8) is 0 Å². The van der Waals surface area contributed by atoms with Gasteiger partial charge in [-0.1, -0.05) is 35.3 Å². The first-order chi connectivity index (χ1) is 8.95. The maximum Gasteiger partial charge on any atom is 0.269 e. The first kappa shape index (κ1) is 15.7. The minimum atomic E-state index is -1.20. The molecule has 8 heteroatoms. The van der Waals surface area contributed by atoms with Gasteiger partial charge in [0, 0.05) is 25.2 Å². The van der Waals surface area contributed by atoms with Crippen LogP contribution in [0, 0.1) is 10.1 Å². The number of non-ortho nitro benzene ring substituents is 1. The number of nitrogens with zero attached hydrogens (tertiary/aromatic N) is 2. The number of hydrogen-bond donors (Lipinski definition) is 1. The van der Waals surface area contributed by atoms with Crippen molar-refractivity contribution in [1.29, 1.82) is 0 Å². The molecule has 1 amide bonds. The molecule has 0 aromatic heterocycles. The van der Waals surface area contributed by atoms with Crippen molar-refractivity contribution in [2.24, 2.45) is 0 Å². The molecule has 0 radical (unpaired) electrons. The Morgan fingerprint density at radius 2 is 1.95 bits per heavy atom. The van der Waals surface area contributed by atoms with Crippen LogP contribution in [0.3, 0.4) is 0 Å². The molecule has 19 heavy (non-hydrogen) atoms. The van der Waals surface area contributed by atoms with E-state index in [-0.39, 0.29) is 25.4 Å². The van der Waals surface area contributed by atoms with E-state index in [1.165, 1.54) is 29.2 Å². The predicted molar refractivity (Wildman–Crippen MR) is 71.1 cm³/mol. The number of nitro groups is 1. The Hall–Kier alpha value is -1.37. The molecular formula is C11H12Cl2N2O4. The molecule has 104 valence electrons. The van der Waals surface area contributed by atoms with E-state index in [2.05, 4.69) is 0 Å². The molecule has 1 N–H and O–H groups in total. The van der Waals surface area contributed by atoms with Crippen LogP contribution in [-0.2, 0) is 11.3 Å². The molecule has 0 saturated carbocycles. The van der Waals surface area contributed by atoms with Crippen LogP contribution in [0.5, 0.6) is 0 Å². The zero-order valence-electron chi connectivity index (χ0n) is 9.83. The molecule has 1 aromatic rings. The van der Waals surface area contributed by atoms with Crippen LogP contribution in [0.1, 0.15) is 5.56 Å². The summed E-state index contributed by atoms with van der Waals surface area (Å²) in [5.74, 6) is -0.518. The van der Waals surface area contributed by atoms with Crippen molar-refractivity contribution in [3.8, 4) is 0 Å². The second-order valence-electron chi connectivity index (χ2n) is 3.71. The summed E-state index contributed by atoms with van der Waals surface area (Å²) in [4.78, 5) is 21.7. The fourth-order valence-corrected chi connectivity index (χ4v) is 1.75. The lowest BCUT2D eigenvalue weighted by Gasteiger charge is -2.22. The van der Waals surface area contributed by atoms with Crippen molar-refractivity contribution in [2.75, 3.05) is 13.2 Å². The SMILES string of the molecule is O=C(C(Cl)Cl)N(CCO)Cc1ccc([N+](=O)[O-])cc1. The molecule has 1 rings (SSSR count). The molecule has 6 nitrogen and oxygen atoms in total. The molecule has 0 atom stereocenters. The van der Waals surface area contributed by atoms with Crippen molar-refractivity contribution in [1.82, 2.24) is 4.90 Å². The Morgan fingerprint density at radius 1 is 1.37 bits per heavy atom. The summed E-state index contributed by atoms with van der Waals surface area (Å²) in [5, 5.41) is 19.4. The number of alkyl halides is 2. The molecule has 0 aliphatic carbocycles. The second kappa shape index (κ2) is 7.28. The Balaban J connectivity index is 2.79. The highest BCUT2D eigenvalue weighted by Crippen LogP contribution is 2.15. The summed E-state index contributed by atoms with van der Waals surface area (Å²) in [6.45, 7) is 0.0400. The summed E-state index contributed by atoms with van der Waals surface area (Å²) in [6.07, 6.45) is 0. The van der Waals surface area contributed by atoms with Gasteiger partial charge in [0.15, 0.2) is 4.84 Å². The highest BCUT2D eigenvalue weighted by atomic mass is 35.5. The minimum Gasteiger partial charge on any atom is -0.395 e. The summed E-state index contributed by atoms with van der Waals surface area (Å²) in [7, 11) is 0. The Morgan fingerprint density at radius 3 is 2.37 bits per heavy atom. The van der Waals surface area contributed by atoms with E-state index < -0.39 is 15.7 Å². The minimum absolute atomic E-state index is 0.0312. The molecule has 0 aliphatic rings. The lowest BCUT2D eigenvalue weighted by atomic mass is 10.2. The normalized spacial score (nSPS) is 10.5. The topological polar surface area (TPSA) is 83.7 Å². The summed E-state index contributed by atoms with van der Waals surface area (Å²) < 4.78 is 0. The number of aliphatic hydroxyl groups is 1. The van der Waals surface area contributed by atoms with Gasteiger partial charge in [-0.2, -0.15) is 0 Å². The fourth-order valence-electron chi connectivity index (χ4n) is 1.47. The van der Waals surface area contributed by atoms with E-state index in [0.717, 1.165) is 0 Å². The van der Waals surface area contributed by atoms with E-state index in [1.54, 1.807) is 0 Å². The van der Waals surface area contributed by atoms with Gasteiger partial charge in [-0.3, -0.25) is 14.9 Å². The highest BCUT2D eigenvalue weighted by Gasteiger charge is 2.20. The standard InChI is InChI=1S/C11H12Cl2N2O4/c12-10(13)11(17)14(5-6-16)7-8-1-3-9(4-2-8)15(18)19/h1-4,10,16H,5-7H2. The van der Waals surface area contributed by atoms with Gasteiger partial charge in [0.1, 0.15) is 0 Å². The van der Waals surface area contributed by atoms with Gasteiger partial charge < -0.3 is 10.0 Å². The zero-order chi connectivity index (χ0) is 14.4. The Labute approximate surface area is 119 Å². The number of hydrogen-bond acceptors (Lipinski definition) is 4. The van der Waals surface area contributed by atoms with Crippen molar-refractivity contribution >= 4 is 34.8 Å². The Kier molecular flexibility index (Phi) is 6.01. The van der Waals surface area contributed by atoms with Gasteiger partial charge >= 0.3 is 0 Å². The van der Waals surface area contributed by atoms with E-state index in [9.17, 15) is 14.9 Å². The summed E-state index contributed by atoms with van der Waals surface area (Å²) in [5.41, 5.74) is 0.651. The van der Waals surface area contributed by atoms with Crippen LogP contribution < -0.4 is 0 Å². The second-order valence-corrected chi connectivity index (χ2v) is 4.80. The number of nitro benzene ring substituents is 1. The lowest BCUT2D eigenvalue weighted by molar-refractivity contribution is -0.384. The van der Waals surface area contributed by atoms with Gasteiger partial charge in [-0.15, -0.1) is 0 Å². The quantitative estimate of drug-likeness (QED) is 0.493. The number of amides is 1. The fraction of sp³-hybridized carbons (Fsp3) is 0.364. The zero-order valence-corrected chi connectivity index (χ0v) is 11.3. The summed E-state index contributed by atoms with van der Waals surface area (Å²) >= 11 is 11.0. The molecule has 0 unspecified atom stereocenters. The van der Waals surface area contributed by atoms with Crippen LogP contribution in [0.2, 0.25) is 0 Å². The van der Waals surface area contributed by atoms with Gasteiger partial charge in [0.05, 0.1) is 11.5 Å². The average Bonchev–Trinajstić information content (AvgIpc) is 2.37. The molecule has 0 aliphatic heterocycles. The smallest absolute Gasteiger partial charge is 0.269 e. The molecule has 0 saturated heterocycles. The Bertz CT molecular complexity index is 451. The lowest BCUT2D eigenvalue weighted by Crippen LogP contribution is -2.36. The van der Waals surface area contributed by atoms with Crippen LogP contribution in [0.15, 0.2) is 24.3 Å². The van der Waals surface area contributed by atoms with Crippen LogP contribution in [0.25, 0.3) is 0 Å². The molecule has 1 aromatic carbocycles. The molecule has 0 spiro atoms. The van der Waals surface area contributed by atoms with E-state index in [0.29, 0.717) is 5.56 Å². The molecule has 0 fully saturated rings. The van der Waals surface area contributed by atoms with Crippen LogP contribution in [-0.4, -0.2) is 38.8 Å². The number of rotatable bonds is 6. The number of benzene rings is 1. The molecule has 0 heterocycles. The first-order valence-corrected chi connectivity index (χ1v) is 6.24. The van der Waals surface area contributed by atoms with Gasteiger partial charge in [0.25, 0.3) is 11.6 Å². The van der Waals surface area contributed by atoms with E-state index in [1.807, 2.05) is 0 Å². The van der Waals surface area contributed by atoms with Gasteiger partial charge in [-0.25, -0.2) is 0 Å². The third-order valence-corrected chi connectivity index (χ3v) is 2.76. The maximum atomic E-state index is 11.7. The monoisotopic (exact) mass is 306 g/mol. The number of carbonyl (C=O) groups excluding carboxylic acids is 1. The largest absolute Gasteiger partial charge is 0.395 e.